The zero-order valence-electron chi connectivity index (χ0n) is 7.27. The Morgan fingerprint density at radius 2 is 2.00 bits per heavy atom. The number of carbonyl (C=O) groups excluding carboxylic acids is 1. The summed E-state index contributed by atoms with van der Waals surface area (Å²) in [4.78, 5) is 14.9. The van der Waals surface area contributed by atoms with Gasteiger partial charge in [-0.15, -0.1) is 0 Å². The minimum Gasteiger partial charge on any atom is -0.479 e. The summed E-state index contributed by atoms with van der Waals surface area (Å²) < 4.78 is 5.21. The molecular formula is C9H11NO3. The lowest BCUT2D eigenvalue weighted by molar-refractivity contribution is -0.151. The molecule has 2 N–H and O–H groups in total. The molecule has 0 aromatic heterocycles. The maximum absolute atomic E-state index is 10.8. The van der Waals surface area contributed by atoms with Crippen molar-refractivity contribution in [3.05, 3.63) is 30.3 Å². The van der Waals surface area contributed by atoms with Gasteiger partial charge in [-0.05, 0) is 19.1 Å². The van der Waals surface area contributed by atoms with Crippen molar-refractivity contribution < 1.29 is 14.4 Å². The van der Waals surface area contributed by atoms with E-state index in [1.807, 2.05) is 18.2 Å². The number of benzene rings is 1. The van der Waals surface area contributed by atoms with E-state index >= 15 is 0 Å². The van der Waals surface area contributed by atoms with Gasteiger partial charge in [0.05, 0.1) is 0 Å². The molecule has 1 aromatic rings. The van der Waals surface area contributed by atoms with Crippen LogP contribution in [0.15, 0.2) is 30.3 Å². The fourth-order valence-electron chi connectivity index (χ4n) is 0.847. The Balaban J connectivity index is 2.55. The molecule has 0 amide bonds. The second kappa shape index (κ2) is 4.47. The summed E-state index contributed by atoms with van der Waals surface area (Å²) in [6.07, 6.45) is -0.688. The first kappa shape index (κ1) is 9.54. The average Bonchev–Trinajstić information content (AvgIpc) is 2.18. The third kappa shape index (κ3) is 2.76. The van der Waals surface area contributed by atoms with Crippen LogP contribution in [0.5, 0.6) is 5.75 Å². The summed E-state index contributed by atoms with van der Waals surface area (Å²) in [5.41, 5.74) is 0. The first-order valence-corrected chi connectivity index (χ1v) is 3.86. The molecule has 1 aromatic carbocycles. The Hall–Kier alpha value is -1.55. The number of nitrogens with two attached hydrogens (primary N) is 1. The predicted octanol–water partition coefficient (Wildman–Crippen LogP) is 0.871. The molecule has 4 heteroatoms. The fraction of sp³-hybridized carbons (Fsp3) is 0.222. The second-order valence-electron chi connectivity index (χ2n) is 2.51. The second-order valence-corrected chi connectivity index (χ2v) is 2.51. The van der Waals surface area contributed by atoms with E-state index in [0.717, 1.165) is 0 Å². The van der Waals surface area contributed by atoms with Crippen LogP contribution in [0.1, 0.15) is 6.92 Å². The molecule has 1 unspecified atom stereocenters. The molecule has 0 spiro atoms. The lowest BCUT2D eigenvalue weighted by Crippen LogP contribution is -2.28. The summed E-state index contributed by atoms with van der Waals surface area (Å²) in [5, 5.41) is 0. The minimum atomic E-state index is -0.688. The van der Waals surface area contributed by atoms with Gasteiger partial charge >= 0.3 is 5.97 Å². The molecule has 0 bridgehead atoms. The van der Waals surface area contributed by atoms with Crippen molar-refractivity contribution in [3.8, 4) is 5.75 Å². The van der Waals surface area contributed by atoms with Crippen LogP contribution >= 0.6 is 0 Å². The molecule has 0 radical (unpaired) electrons. The van der Waals surface area contributed by atoms with Gasteiger partial charge < -0.3 is 9.57 Å². The molecule has 0 heterocycles. The van der Waals surface area contributed by atoms with E-state index in [2.05, 4.69) is 4.84 Å². The molecule has 0 aliphatic rings. The van der Waals surface area contributed by atoms with Crippen molar-refractivity contribution in [1.82, 2.24) is 0 Å². The topological polar surface area (TPSA) is 61.5 Å². The SMILES string of the molecule is CC(Oc1ccccc1)C(=O)ON. The largest absolute Gasteiger partial charge is 0.479 e. The molecular weight excluding hydrogens is 170 g/mol. The highest BCUT2D eigenvalue weighted by Crippen LogP contribution is 2.10. The van der Waals surface area contributed by atoms with Crippen LogP contribution in [0.3, 0.4) is 0 Å². The van der Waals surface area contributed by atoms with Crippen molar-refractivity contribution >= 4 is 5.97 Å². The Labute approximate surface area is 76.2 Å². The van der Waals surface area contributed by atoms with Gasteiger partial charge in [-0.2, -0.15) is 5.90 Å². The maximum atomic E-state index is 10.8. The standard InChI is InChI=1S/C9H11NO3/c1-7(9(11)13-10)12-8-5-3-2-4-6-8/h2-7H,10H2,1H3. The molecule has 13 heavy (non-hydrogen) atoms. The van der Waals surface area contributed by atoms with Crippen molar-refractivity contribution in [2.75, 3.05) is 0 Å². The minimum absolute atomic E-state index is 0.594. The van der Waals surface area contributed by atoms with E-state index in [-0.39, 0.29) is 0 Å². The first-order chi connectivity index (χ1) is 6.24. The van der Waals surface area contributed by atoms with Crippen LogP contribution in [0.25, 0.3) is 0 Å². The van der Waals surface area contributed by atoms with Crippen molar-refractivity contribution in [1.29, 1.82) is 0 Å². The number of ether oxygens (including phenoxy) is 1. The zero-order chi connectivity index (χ0) is 9.68. The van der Waals surface area contributed by atoms with E-state index in [4.69, 9.17) is 10.6 Å². The molecule has 0 aliphatic carbocycles. The third-order valence-corrected chi connectivity index (χ3v) is 1.50. The summed E-state index contributed by atoms with van der Waals surface area (Å²) in [6, 6.07) is 8.99. The lowest BCUT2D eigenvalue weighted by Gasteiger charge is -2.10. The van der Waals surface area contributed by atoms with E-state index in [9.17, 15) is 4.79 Å². The highest BCUT2D eigenvalue weighted by Gasteiger charge is 2.14. The molecule has 1 atom stereocenters. The van der Waals surface area contributed by atoms with Gasteiger partial charge in [-0.25, -0.2) is 4.79 Å². The van der Waals surface area contributed by atoms with E-state index in [0.29, 0.717) is 5.75 Å². The molecule has 70 valence electrons. The van der Waals surface area contributed by atoms with Crippen LogP contribution in [-0.4, -0.2) is 12.1 Å². The number of rotatable bonds is 3. The van der Waals surface area contributed by atoms with Gasteiger partial charge in [0, 0.05) is 0 Å². The number of hydrogen-bond acceptors (Lipinski definition) is 4. The first-order valence-electron chi connectivity index (χ1n) is 3.86. The fourth-order valence-corrected chi connectivity index (χ4v) is 0.847. The molecule has 0 fully saturated rings. The molecule has 0 saturated heterocycles. The van der Waals surface area contributed by atoms with Gasteiger partial charge in [-0.3, -0.25) is 0 Å². The van der Waals surface area contributed by atoms with E-state index in [1.165, 1.54) is 0 Å². The normalized spacial score (nSPS) is 11.8. The van der Waals surface area contributed by atoms with Gasteiger partial charge in [-0.1, -0.05) is 18.2 Å². The van der Waals surface area contributed by atoms with Crippen molar-refractivity contribution in [2.24, 2.45) is 5.90 Å². The summed E-state index contributed by atoms with van der Waals surface area (Å²) in [7, 11) is 0. The molecule has 0 aliphatic heterocycles. The van der Waals surface area contributed by atoms with E-state index < -0.39 is 12.1 Å². The number of carbonyl (C=O) groups is 1. The van der Waals surface area contributed by atoms with Crippen LogP contribution in [0, 0.1) is 0 Å². The van der Waals surface area contributed by atoms with Gasteiger partial charge in [0.2, 0.25) is 0 Å². The predicted molar refractivity (Wildman–Crippen MR) is 46.8 cm³/mol. The number of para-hydroxylation sites is 1. The van der Waals surface area contributed by atoms with Crippen LogP contribution in [-0.2, 0) is 9.63 Å². The van der Waals surface area contributed by atoms with Crippen molar-refractivity contribution in [2.45, 2.75) is 13.0 Å². The van der Waals surface area contributed by atoms with Crippen molar-refractivity contribution in [3.63, 3.8) is 0 Å². The van der Waals surface area contributed by atoms with Gasteiger partial charge in [0.25, 0.3) is 0 Å². The Morgan fingerprint density at radius 3 is 2.54 bits per heavy atom. The summed E-state index contributed by atoms with van der Waals surface area (Å²) in [6.45, 7) is 1.57. The van der Waals surface area contributed by atoms with E-state index in [1.54, 1.807) is 19.1 Å². The van der Waals surface area contributed by atoms with Crippen LogP contribution < -0.4 is 10.6 Å². The molecule has 4 nitrogen and oxygen atoms in total. The highest BCUT2D eigenvalue weighted by atomic mass is 16.7. The van der Waals surface area contributed by atoms with Crippen LogP contribution in [0.4, 0.5) is 0 Å². The molecule has 1 rings (SSSR count). The highest BCUT2D eigenvalue weighted by molar-refractivity contribution is 5.74. The van der Waals surface area contributed by atoms with Gasteiger partial charge in [0.15, 0.2) is 6.10 Å². The maximum Gasteiger partial charge on any atom is 0.365 e. The lowest BCUT2D eigenvalue weighted by atomic mass is 10.3. The van der Waals surface area contributed by atoms with Gasteiger partial charge in [0.1, 0.15) is 5.75 Å². The Morgan fingerprint density at radius 1 is 1.38 bits per heavy atom. The smallest absolute Gasteiger partial charge is 0.365 e. The third-order valence-electron chi connectivity index (χ3n) is 1.50. The monoisotopic (exact) mass is 181 g/mol. The zero-order valence-corrected chi connectivity index (χ0v) is 7.27. The molecule has 0 saturated carbocycles. The quantitative estimate of drug-likeness (QED) is 0.703. The average molecular weight is 181 g/mol. The Kier molecular flexibility index (Phi) is 3.28. The summed E-state index contributed by atoms with van der Waals surface area (Å²) in [5.74, 6) is 4.71. The number of hydrogen-bond donors (Lipinski definition) is 1. The summed E-state index contributed by atoms with van der Waals surface area (Å²) >= 11 is 0. The van der Waals surface area contributed by atoms with Crippen LogP contribution in [0.2, 0.25) is 0 Å². The Bertz CT molecular complexity index is 273.